The van der Waals surface area contributed by atoms with Gasteiger partial charge in [0, 0.05) is 12.5 Å². The summed E-state index contributed by atoms with van der Waals surface area (Å²) in [7, 11) is 0. The first-order valence-corrected chi connectivity index (χ1v) is 5.58. The molecule has 5 heteroatoms. The van der Waals surface area contributed by atoms with E-state index < -0.39 is 18.6 Å². The second-order valence-corrected chi connectivity index (χ2v) is 3.97. The van der Waals surface area contributed by atoms with Crippen molar-refractivity contribution in [1.82, 2.24) is 5.43 Å². The minimum Gasteiger partial charge on any atom is -0.271 e. The third-order valence-electron chi connectivity index (χ3n) is 2.68. The molecule has 0 bridgehead atoms. The second kappa shape index (κ2) is 6.02. The van der Waals surface area contributed by atoms with Crippen LogP contribution in [0.3, 0.4) is 0 Å². The summed E-state index contributed by atoms with van der Waals surface area (Å²) in [4.78, 5) is 0. The maximum Gasteiger partial charge on any atom is 0.389 e. The Kier molecular flexibility index (Phi) is 4.96. The summed E-state index contributed by atoms with van der Waals surface area (Å²) >= 11 is 0. The fourth-order valence-electron chi connectivity index (χ4n) is 1.68. The molecular weight excluding hydrogens is 229 g/mol. The lowest BCUT2D eigenvalue weighted by atomic mass is 9.99. The number of rotatable bonds is 5. The predicted molar refractivity (Wildman–Crippen MR) is 61.2 cm³/mol. The van der Waals surface area contributed by atoms with Crippen molar-refractivity contribution in [1.29, 1.82) is 0 Å². The van der Waals surface area contributed by atoms with Gasteiger partial charge in [0.05, 0.1) is 0 Å². The number of aryl methyl sites for hydroxylation is 1. The Morgan fingerprint density at radius 3 is 2.59 bits per heavy atom. The zero-order valence-electron chi connectivity index (χ0n) is 9.72. The van der Waals surface area contributed by atoms with Gasteiger partial charge in [-0.2, -0.15) is 13.2 Å². The lowest BCUT2D eigenvalue weighted by molar-refractivity contribution is -0.136. The van der Waals surface area contributed by atoms with Gasteiger partial charge in [0.1, 0.15) is 0 Å². The van der Waals surface area contributed by atoms with E-state index in [1.54, 1.807) is 6.07 Å². The standard InChI is InChI=1S/C12H17F3N2/c1-2-9-4-3-5-10(8-9)11(17-16)6-7-12(13,14)15/h3-5,8,11,17H,2,6-7,16H2,1H3. The van der Waals surface area contributed by atoms with Gasteiger partial charge in [-0.3, -0.25) is 11.3 Å². The molecule has 3 N–H and O–H groups in total. The third-order valence-corrected chi connectivity index (χ3v) is 2.68. The lowest BCUT2D eigenvalue weighted by Gasteiger charge is -2.18. The summed E-state index contributed by atoms with van der Waals surface area (Å²) in [5.41, 5.74) is 4.34. The number of nitrogens with two attached hydrogens (primary N) is 1. The zero-order chi connectivity index (χ0) is 12.9. The third kappa shape index (κ3) is 4.75. The molecule has 1 atom stereocenters. The lowest BCUT2D eigenvalue weighted by Crippen LogP contribution is -2.29. The largest absolute Gasteiger partial charge is 0.389 e. The average molecular weight is 246 g/mol. The van der Waals surface area contributed by atoms with E-state index in [1.807, 2.05) is 25.1 Å². The minimum atomic E-state index is -4.14. The zero-order valence-corrected chi connectivity index (χ0v) is 9.72. The molecule has 2 nitrogen and oxygen atoms in total. The smallest absolute Gasteiger partial charge is 0.271 e. The Morgan fingerprint density at radius 1 is 1.35 bits per heavy atom. The molecule has 0 radical (unpaired) electrons. The van der Waals surface area contributed by atoms with E-state index in [0.29, 0.717) is 0 Å². The molecule has 0 fully saturated rings. The summed E-state index contributed by atoms with van der Waals surface area (Å²) in [5.74, 6) is 5.31. The van der Waals surface area contributed by atoms with Crippen molar-refractivity contribution < 1.29 is 13.2 Å². The molecule has 0 aliphatic carbocycles. The fourth-order valence-corrected chi connectivity index (χ4v) is 1.68. The molecule has 1 unspecified atom stereocenters. The summed E-state index contributed by atoms with van der Waals surface area (Å²) in [6, 6.07) is 7.01. The van der Waals surface area contributed by atoms with Crippen LogP contribution in [0.15, 0.2) is 24.3 Å². The van der Waals surface area contributed by atoms with Crippen LogP contribution in [0.5, 0.6) is 0 Å². The van der Waals surface area contributed by atoms with Crippen LogP contribution in [0.1, 0.15) is 36.9 Å². The van der Waals surface area contributed by atoms with Crippen LogP contribution in [-0.2, 0) is 6.42 Å². The molecule has 0 aromatic heterocycles. The van der Waals surface area contributed by atoms with Crippen LogP contribution in [-0.4, -0.2) is 6.18 Å². The highest BCUT2D eigenvalue weighted by Gasteiger charge is 2.28. The molecular formula is C12H17F3N2. The highest BCUT2D eigenvalue weighted by atomic mass is 19.4. The molecule has 0 spiro atoms. The van der Waals surface area contributed by atoms with Crippen molar-refractivity contribution in [3.8, 4) is 0 Å². The maximum atomic E-state index is 12.1. The summed E-state index contributed by atoms with van der Waals surface area (Å²) in [6.07, 6.45) is -4.17. The van der Waals surface area contributed by atoms with Gasteiger partial charge in [0.15, 0.2) is 0 Å². The normalized spacial score (nSPS) is 13.7. The minimum absolute atomic E-state index is 0.0484. The van der Waals surface area contributed by atoms with E-state index >= 15 is 0 Å². The summed E-state index contributed by atoms with van der Waals surface area (Å²) < 4.78 is 36.4. The number of nitrogens with one attached hydrogen (secondary N) is 1. The summed E-state index contributed by atoms with van der Waals surface area (Å²) in [5, 5.41) is 0. The van der Waals surface area contributed by atoms with Crippen LogP contribution in [0, 0.1) is 0 Å². The molecule has 0 aliphatic rings. The van der Waals surface area contributed by atoms with Gasteiger partial charge >= 0.3 is 6.18 Å². The van der Waals surface area contributed by atoms with Crippen LogP contribution < -0.4 is 11.3 Å². The van der Waals surface area contributed by atoms with Gasteiger partial charge < -0.3 is 0 Å². The SMILES string of the molecule is CCc1cccc(C(CCC(F)(F)F)NN)c1. The van der Waals surface area contributed by atoms with Crippen molar-refractivity contribution in [3.05, 3.63) is 35.4 Å². The van der Waals surface area contributed by atoms with Gasteiger partial charge in [-0.1, -0.05) is 31.2 Å². The van der Waals surface area contributed by atoms with Gasteiger partial charge in [-0.05, 0) is 24.0 Å². The molecule has 1 aromatic carbocycles. The molecule has 0 heterocycles. The second-order valence-electron chi connectivity index (χ2n) is 3.97. The summed E-state index contributed by atoms with van der Waals surface area (Å²) in [6.45, 7) is 2.00. The van der Waals surface area contributed by atoms with Crippen LogP contribution >= 0.6 is 0 Å². The Morgan fingerprint density at radius 2 is 2.06 bits per heavy atom. The van der Waals surface area contributed by atoms with Crippen molar-refractivity contribution in [3.63, 3.8) is 0 Å². The molecule has 0 aliphatic heterocycles. The molecule has 1 aromatic rings. The van der Waals surface area contributed by atoms with E-state index in [4.69, 9.17) is 5.84 Å². The van der Waals surface area contributed by atoms with Gasteiger partial charge in [-0.15, -0.1) is 0 Å². The van der Waals surface area contributed by atoms with E-state index in [2.05, 4.69) is 5.43 Å². The monoisotopic (exact) mass is 246 g/mol. The van der Waals surface area contributed by atoms with Gasteiger partial charge in [0.25, 0.3) is 0 Å². The molecule has 96 valence electrons. The molecule has 0 saturated heterocycles. The highest BCUT2D eigenvalue weighted by Crippen LogP contribution is 2.27. The van der Waals surface area contributed by atoms with Crippen LogP contribution in [0.25, 0.3) is 0 Å². The molecule has 1 rings (SSSR count). The quantitative estimate of drug-likeness (QED) is 0.619. The molecule has 17 heavy (non-hydrogen) atoms. The molecule has 0 amide bonds. The highest BCUT2D eigenvalue weighted by molar-refractivity contribution is 5.26. The number of alkyl halides is 3. The van der Waals surface area contributed by atoms with Crippen molar-refractivity contribution in [2.45, 2.75) is 38.4 Å². The van der Waals surface area contributed by atoms with Crippen molar-refractivity contribution in [2.75, 3.05) is 0 Å². The fraction of sp³-hybridized carbons (Fsp3) is 0.500. The van der Waals surface area contributed by atoms with E-state index in [1.165, 1.54) is 0 Å². The number of benzene rings is 1. The van der Waals surface area contributed by atoms with E-state index in [-0.39, 0.29) is 6.42 Å². The van der Waals surface area contributed by atoms with Crippen LogP contribution in [0.4, 0.5) is 13.2 Å². The number of hydrazine groups is 1. The Labute approximate surface area is 99.0 Å². The van der Waals surface area contributed by atoms with E-state index in [0.717, 1.165) is 17.5 Å². The molecule has 0 saturated carbocycles. The number of hydrogen-bond donors (Lipinski definition) is 2. The van der Waals surface area contributed by atoms with E-state index in [9.17, 15) is 13.2 Å². The van der Waals surface area contributed by atoms with Crippen molar-refractivity contribution in [2.24, 2.45) is 5.84 Å². The number of halogens is 3. The maximum absolute atomic E-state index is 12.1. The van der Waals surface area contributed by atoms with Crippen LogP contribution in [0.2, 0.25) is 0 Å². The Hall–Kier alpha value is -1.07. The Bertz CT molecular complexity index is 350. The van der Waals surface area contributed by atoms with Gasteiger partial charge in [-0.25, -0.2) is 0 Å². The Balaban J connectivity index is 2.72. The number of hydrogen-bond acceptors (Lipinski definition) is 2. The first-order valence-electron chi connectivity index (χ1n) is 5.58. The predicted octanol–water partition coefficient (Wildman–Crippen LogP) is 3.10. The average Bonchev–Trinajstić information content (AvgIpc) is 2.29. The van der Waals surface area contributed by atoms with Crippen molar-refractivity contribution >= 4 is 0 Å². The topological polar surface area (TPSA) is 38.0 Å². The van der Waals surface area contributed by atoms with Gasteiger partial charge in [0.2, 0.25) is 0 Å². The first-order chi connectivity index (χ1) is 7.96. The first kappa shape index (κ1) is 14.0.